The Morgan fingerprint density at radius 3 is 2.36 bits per heavy atom. The molecule has 7 heteroatoms. The summed E-state index contributed by atoms with van der Waals surface area (Å²) in [4.78, 5) is 26.2. The zero-order valence-corrected chi connectivity index (χ0v) is 16.0. The minimum absolute atomic E-state index is 0.0127. The number of carbonyl (C=O) groups is 2. The Morgan fingerprint density at radius 1 is 1.24 bits per heavy atom. The van der Waals surface area contributed by atoms with Crippen LogP contribution in [-0.4, -0.2) is 48.4 Å². The number of hydrogen-bond acceptors (Lipinski definition) is 5. The third kappa shape index (κ3) is 3.12. The maximum absolute atomic E-state index is 13.1. The zero-order valence-electron chi connectivity index (χ0n) is 16.0. The lowest BCUT2D eigenvalue weighted by molar-refractivity contribution is -0.133. The number of hydrogen-bond donors (Lipinski definition) is 0. The van der Waals surface area contributed by atoms with Gasteiger partial charge in [-0.2, -0.15) is 0 Å². The van der Waals surface area contributed by atoms with Crippen molar-refractivity contribution in [3.63, 3.8) is 0 Å². The van der Waals surface area contributed by atoms with Crippen molar-refractivity contribution >= 4 is 19.1 Å². The van der Waals surface area contributed by atoms with Gasteiger partial charge < -0.3 is 14.0 Å². The van der Waals surface area contributed by atoms with Gasteiger partial charge in [0.15, 0.2) is 0 Å². The molecule has 2 heterocycles. The molecule has 6 nitrogen and oxygen atoms in total. The van der Waals surface area contributed by atoms with E-state index in [4.69, 9.17) is 14.0 Å². The van der Waals surface area contributed by atoms with E-state index >= 15 is 0 Å². The van der Waals surface area contributed by atoms with Crippen LogP contribution in [0.25, 0.3) is 0 Å². The van der Waals surface area contributed by atoms with E-state index in [1.807, 2.05) is 34.6 Å². The largest absolute Gasteiger partial charge is 0.462 e. The lowest BCUT2D eigenvalue weighted by Crippen LogP contribution is -2.46. The highest BCUT2D eigenvalue weighted by Gasteiger charge is 2.57. The Hall–Kier alpha value is -1.34. The predicted molar refractivity (Wildman–Crippen MR) is 93.9 cm³/mol. The number of amides is 2. The predicted octanol–water partition coefficient (Wildman–Crippen LogP) is 3.03. The van der Waals surface area contributed by atoms with E-state index < -0.39 is 24.4 Å². The maximum Gasteiger partial charge on any atom is 0.462 e. The molecule has 0 aromatic rings. The lowest BCUT2D eigenvalue weighted by atomic mass is 9.56. The quantitative estimate of drug-likeness (QED) is 0.566. The van der Waals surface area contributed by atoms with Crippen LogP contribution in [0.2, 0.25) is 5.82 Å². The molecule has 2 amide bonds. The van der Waals surface area contributed by atoms with Gasteiger partial charge in [0, 0.05) is 11.7 Å². The summed E-state index contributed by atoms with van der Waals surface area (Å²) >= 11 is 0. The van der Waals surface area contributed by atoms with Gasteiger partial charge in [-0.25, -0.2) is 9.69 Å². The summed E-state index contributed by atoms with van der Waals surface area (Å²) in [6.45, 7) is 12.7. The molecular formula is C18H28BNO5. The fourth-order valence-corrected chi connectivity index (χ4v) is 4.02. The monoisotopic (exact) mass is 349 g/mol. The van der Waals surface area contributed by atoms with Crippen LogP contribution in [0.4, 0.5) is 4.79 Å². The van der Waals surface area contributed by atoms with Gasteiger partial charge in [0.2, 0.25) is 5.91 Å². The average molecular weight is 349 g/mol. The first-order chi connectivity index (χ1) is 11.5. The Bertz CT molecular complexity index is 599. The van der Waals surface area contributed by atoms with Gasteiger partial charge in [-0.3, -0.25) is 4.79 Å². The van der Waals surface area contributed by atoms with Crippen LogP contribution in [0.5, 0.6) is 0 Å². The third-order valence-corrected chi connectivity index (χ3v) is 6.07. The highest BCUT2D eigenvalue weighted by molar-refractivity contribution is 6.48. The van der Waals surface area contributed by atoms with Gasteiger partial charge >= 0.3 is 13.2 Å². The lowest BCUT2D eigenvalue weighted by Gasteiger charge is -2.36. The van der Waals surface area contributed by atoms with Crippen molar-refractivity contribution in [1.29, 1.82) is 0 Å². The fraction of sp³-hybridized carbons (Fsp3) is 0.778. The van der Waals surface area contributed by atoms with Crippen molar-refractivity contribution in [3.8, 4) is 0 Å². The second kappa shape index (κ2) is 6.13. The Kier molecular flexibility index (Phi) is 4.52. The first-order valence-electron chi connectivity index (χ1n) is 9.04. The van der Waals surface area contributed by atoms with Crippen LogP contribution in [0.1, 0.15) is 48.0 Å². The van der Waals surface area contributed by atoms with Crippen molar-refractivity contribution in [2.24, 2.45) is 11.8 Å². The molecule has 25 heavy (non-hydrogen) atoms. The number of ether oxygens (including phenoxy) is 1. The summed E-state index contributed by atoms with van der Waals surface area (Å²) in [5, 5.41) is 0. The van der Waals surface area contributed by atoms with Crippen molar-refractivity contribution in [2.75, 3.05) is 13.2 Å². The molecule has 2 fully saturated rings. The molecule has 0 unspecified atom stereocenters. The summed E-state index contributed by atoms with van der Waals surface area (Å²) in [5.41, 5.74) is 0.326. The molecule has 0 aromatic carbocycles. The van der Waals surface area contributed by atoms with Crippen molar-refractivity contribution in [2.45, 2.75) is 65.0 Å². The van der Waals surface area contributed by atoms with Crippen molar-refractivity contribution in [1.82, 2.24) is 4.90 Å². The van der Waals surface area contributed by atoms with Crippen molar-refractivity contribution in [3.05, 3.63) is 11.6 Å². The first-order valence-corrected chi connectivity index (χ1v) is 9.04. The van der Waals surface area contributed by atoms with Gasteiger partial charge in [0.05, 0.1) is 17.7 Å². The Labute approximate surface area is 150 Å². The average Bonchev–Trinajstić information content (AvgIpc) is 2.98. The number of imide groups is 1. The molecule has 3 atom stereocenters. The molecule has 0 radical (unpaired) electrons. The van der Waals surface area contributed by atoms with Crippen LogP contribution < -0.4 is 0 Å². The fourth-order valence-electron chi connectivity index (χ4n) is 4.02. The third-order valence-electron chi connectivity index (χ3n) is 6.07. The summed E-state index contributed by atoms with van der Waals surface area (Å²) in [5.74, 6) is -0.650. The molecule has 3 aliphatic rings. The summed E-state index contributed by atoms with van der Waals surface area (Å²) < 4.78 is 17.4. The number of carbonyl (C=O) groups excluding carboxylic acids is 2. The highest BCUT2D eigenvalue weighted by Crippen LogP contribution is 2.48. The van der Waals surface area contributed by atoms with Gasteiger partial charge in [-0.1, -0.05) is 18.6 Å². The molecule has 2 aliphatic heterocycles. The number of allylic oxidation sites excluding steroid dienone is 2. The van der Waals surface area contributed by atoms with Gasteiger partial charge in [0.1, 0.15) is 6.61 Å². The Balaban J connectivity index is 1.89. The van der Waals surface area contributed by atoms with E-state index in [1.54, 1.807) is 0 Å². The smallest absolute Gasteiger partial charge is 0.447 e. The van der Waals surface area contributed by atoms with E-state index in [0.29, 0.717) is 6.54 Å². The molecular weight excluding hydrogens is 321 g/mol. The van der Waals surface area contributed by atoms with Crippen LogP contribution in [0.15, 0.2) is 11.6 Å². The van der Waals surface area contributed by atoms with Gasteiger partial charge in [-0.05, 0) is 47.0 Å². The Morgan fingerprint density at radius 2 is 1.84 bits per heavy atom. The molecule has 1 aliphatic carbocycles. The van der Waals surface area contributed by atoms with Gasteiger partial charge in [-0.15, -0.1) is 0 Å². The van der Waals surface area contributed by atoms with Crippen LogP contribution in [-0.2, 0) is 18.8 Å². The summed E-state index contributed by atoms with van der Waals surface area (Å²) in [6.07, 6.45) is 2.29. The SMILES string of the molecule is CC1=C[C@@H](C)[C@@H](C(=O)N2CCOC2=O)[C@H](B2OC(C)(C)C(C)(C)O2)C1. The highest BCUT2D eigenvalue weighted by atomic mass is 16.7. The summed E-state index contributed by atoms with van der Waals surface area (Å²) in [7, 11) is -0.469. The number of nitrogens with zero attached hydrogens (tertiary/aromatic N) is 1. The van der Waals surface area contributed by atoms with Crippen LogP contribution >= 0.6 is 0 Å². The zero-order chi connectivity index (χ0) is 18.6. The van der Waals surface area contributed by atoms with E-state index in [9.17, 15) is 9.59 Å². The molecule has 138 valence electrons. The standard InChI is InChI=1S/C18H28BNO5/c1-11-9-12(2)14(15(21)20-7-8-23-16(20)22)13(10-11)19-24-17(3,4)18(5,6)25-19/h9,12-14H,7-8,10H2,1-6H3/t12-,13-,14-/m1/s1. The normalized spacial score (nSPS) is 34.1. The topological polar surface area (TPSA) is 65.1 Å². The van der Waals surface area contributed by atoms with E-state index in [2.05, 4.69) is 13.0 Å². The number of cyclic esters (lactones) is 1. The molecule has 3 rings (SSSR count). The molecule has 0 spiro atoms. The molecule has 0 aromatic heterocycles. The minimum Gasteiger partial charge on any atom is -0.447 e. The number of rotatable bonds is 2. The molecule has 0 N–H and O–H groups in total. The first kappa shape index (κ1) is 18.5. The van der Waals surface area contributed by atoms with Gasteiger partial charge in [0.25, 0.3) is 0 Å². The minimum atomic E-state index is -0.545. The van der Waals surface area contributed by atoms with E-state index in [0.717, 1.165) is 6.42 Å². The van der Waals surface area contributed by atoms with E-state index in [1.165, 1.54) is 10.5 Å². The molecule has 0 saturated carbocycles. The maximum atomic E-state index is 13.1. The second-order valence-corrected chi connectivity index (χ2v) is 8.49. The second-order valence-electron chi connectivity index (χ2n) is 8.49. The molecule has 0 bridgehead atoms. The van der Waals surface area contributed by atoms with Crippen LogP contribution in [0, 0.1) is 11.8 Å². The summed E-state index contributed by atoms with van der Waals surface area (Å²) in [6, 6.07) is 0. The van der Waals surface area contributed by atoms with E-state index in [-0.39, 0.29) is 30.2 Å². The molecule has 2 saturated heterocycles. The van der Waals surface area contributed by atoms with Crippen molar-refractivity contribution < 1.29 is 23.6 Å². The van der Waals surface area contributed by atoms with Crippen LogP contribution in [0.3, 0.4) is 0 Å².